The highest BCUT2D eigenvalue weighted by Gasteiger charge is 2.31. The molecule has 49 heavy (non-hydrogen) atoms. The maximum atomic E-state index is 13.5. The molecule has 0 fully saturated rings. The summed E-state index contributed by atoms with van der Waals surface area (Å²) in [6.07, 6.45) is -0.0321. The summed E-state index contributed by atoms with van der Waals surface area (Å²) >= 11 is 0. The number of nitrogens with one attached hydrogen (secondary N) is 2. The summed E-state index contributed by atoms with van der Waals surface area (Å²) in [5.41, 5.74) is 7.62. The van der Waals surface area contributed by atoms with Crippen molar-refractivity contribution in [1.82, 2.24) is 15.5 Å². The van der Waals surface area contributed by atoms with Crippen molar-refractivity contribution in [2.75, 3.05) is 6.54 Å². The molecule has 0 aliphatic carbocycles. The number of nitrogens with two attached hydrogens (primary N) is 1. The van der Waals surface area contributed by atoms with Crippen molar-refractivity contribution < 1.29 is 29.0 Å². The first-order valence-electron chi connectivity index (χ1n) is 16.9. The van der Waals surface area contributed by atoms with E-state index in [1.54, 1.807) is 4.90 Å². The predicted molar refractivity (Wildman–Crippen MR) is 190 cm³/mol. The fourth-order valence-electron chi connectivity index (χ4n) is 5.54. The fraction of sp³-hybridized carbons (Fsp3) is 0.436. The van der Waals surface area contributed by atoms with Gasteiger partial charge in [-0.2, -0.15) is 0 Å². The summed E-state index contributed by atoms with van der Waals surface area (Å²) in [5.74, 6) is -1.29. The Bertz CT molecular complexity index is 1460. The minimum absolute atomic E-state index is 0.0777. The second-order valence-electron chi connectivity index (χ2n) is 13.7. The first-order valence-corrected chi connectivity index (χ1v) is 16.9. The van der Waals surface area contributed by atoms with Gasteiger partial charge in [0.15, 0.2) is 0 Å². The van der Waals surface area contributed by atoms with Gasteiger partial charge < -0.3 is 31.1 Å². The van der Waals surface area contributed by atoms with E-state index in [0.717, 1.165) is 16.7 Å². The first-order chi connectivity index (χ1) is 23.3. The maximum Gasteiger partial charge on any atom is 0.410 e. The summed E-state index contributed by atoms with van der Waals surface area (Å²) in [7, 11) is 0. The molecule has 0 saturated heterocycles. The number of amides is 4. The van der Waals surface area contributed by atoms with Crippen LogP contribution in [0.1, 0.15) is 70.1 Å². The van der Waals surface area contributed by atoms with Crippen molar-refractivity contribution in [3.05, 3.63) is 108 Å². The van der Waals surface area contributed by atoms with Crippen LogP contribution in [0.4, 0.5) is 4.79 Å². The van der Waals surface area contributed by atoms with Crippen molar-refractivity contribution in [1.29, 1.82) is 0 Å². The van der Waals surface area contributed by atoms with Gasteiger partial charge in [0.25, 0.3) is 0 Å². The number of ether oxygens (including phenoxy) is 1. The Morgan fingerprint density at radius 3 is 1.86 bits per heavy atom. The topological polar surface area (TPSA) is 151 Å². The van der Waals surface area contributed by atoms with Crippen LogP contribution in [0, 0.1) is 5.92 Å². The summed E-state index contributed by atoms with van der Waals surface area (Å²) in [6, 6.07) is 27.4. The van der Waals surface area contributed by atoms with Gasteiger partial charge in [-0.25, -0.2) is 4.79 Å². The Labute approximate surface area is 290 Å². The van der Waals surface area contributed by atoms with Crippen LogP contribution in [-0.4, -0.2) is 64.2 Å². The molecule has 4 unspecified atom stereocenters. The zero-order chi connectivity index (χ0) is 35.8. The SMILES string of the molecule is CC(CCNC(=O)CC(O)CC(Cc1ccccc1)N(Cc1ccccc1)C(=O)OC(C)(C)C)CC(=O)NC(Cc1ccccc1)C(N)=O. The fourth-order valence-corrected chi connectivity index (χ4v) is 5.54. The average molecular weight is 673 g/mol. The molecule has 0 aliphatic heterocycles. The van der Waals surface area contributed by atoms with Gasteiger partial charge in [-0.3, -0.25) is 14.4 Å². The van der Waals surface area contributed by atoms with Gasteiger partial charge in [0.05, 0.1) is 12.5 Å². The van der Waals surface area contributed by atoms with Crippen LogP contribution in [-0.2, 0) is 38.5 Å². The van der Waals surface area contributed by atoms with E-state index in [1.807, 2.05) is 119 Å². The molecule has 3 aromatic rings. The standard InChI is InChI=1S/C39H52N4O6/c1-28(22-36(46)42-34(37(40)47)24-30-16-10-6-11-17-30)20-21-41-35(45)26-33(44)25-32(23-29-14-8-5-9-15-29)43(38(48)49-39(2,3)4)27-31-18-12-7-13-19-31/h5-19,28,32-34,44H,20-27H2,1-4H3,(H2,40,47)(H,41,45)(H,42,46). The Hall–Kier alpha value is -4.70. The first kappa shape index (κ1) is 38.7. The molecular weight excluding hydrogens is 620 g/mol. The maximum absolute atomic E-state index is 13.5. The number of rotatable bonds is 18. The third-order valence-electron chi connectivity index (χ3n) is 8.00. The number of benzene rings is 3. The average Bonchev–Trinajstić information content (AvgIpc) is 3.03. The molecule has 0 heterocycles. The van der Waals surface area contributed by atoms with Gasteiger partial charge in [0.1, 0.15) is 11.6 Å². The van der Waals surface area contributed by atoms with E-state index in [1.165, 1.54) is 0 Å². The van der Waals surface area contributed by atoms with Gasteiger partial charge in [-0.15, -0.1) is 0 Å². The third kappa shape index (κ3) is 14.9. The largest absolute Gasteiger partial charge is 0.444 e. The van der Waals surface area contributed by atoms with E-state index in [4.69, 9.17) is 10.5 Å². The molecule has 4 atom stereocenters. The lowest BCUT2D eigenvalue weighted by Gasteiger charge is -2.35. The van der Waals surface area contributed by atoms with E-state index in [2.05, 4.69) is 10.6 Å². The van der Waals surface area contributed by atoms with Gasteiger partial charge in [-0.1, -0.05) is 97.9 Å². The smallest absolute Gasteiger partial charge is 0.410 e. The molecule has 0 radical (unpaired) electrons. The monoisotopic (exact) mass is 672 g/mol. The van der Waals surface area contributed by atoms with Crippen molar-refractivity contribution in [2.45, 2.75) is 96.6 Å². The molecule has 3 rings (SSSR count). The van der Waals surface area contributed by atoms with E-state index < -0.39 is 35.8 Å². The number of hydrogen-bond acceptors (Lipinski definition) is 6. The lowest BCUT2D eigenvalue weighted by molar-refractivity contribution is -0.127. The minimum Gasteiger partial charge on any atom is -0.444 e. The molecular formula is C39H52N4O6. The number of carbonyl (C=O) groups is 4. The highest BCUT2D eigenvalue weighted by Crippen LogP contribution is 2.22. The second kappa shape index (κ2) is 19.3. The normalized spacial score (nSPS) is 13.7. The van der Waals surface area contributed by atoms with Crippen LogP contribution in [0.3, 0.4) is 0 Å². The quantitative estimate of drug-likeness (QED) is 0.151. The Morgan fingerprint density at radius 2 is 1.33 bits per heavy atom. The molecule has 264 valence electrons. The summed E-state index contributed by atoms with van der Waals surface area (Å²) in [6.45, 7) is 7.93. The Kier molecular flexibility index (Phi) is 15.3. The van der Waals surface area contributed by atoms with Crippen LogP contribution >= 0.6 is 0 Å². The van der Waals surface area contributed by atoms with Crippen LogP contribution in [0.25, 0.3) is 0 Å². The van der Waals surface area contributed by atoms with Gasteiger partial charge in [-0.05, 0) is 62.6 Å². The minimum atomic E-state index is -1.02. The van der Waals surface area contributed by atoms with Gasteiger partial charge in [0.2, 0.25) is 17.7 Å². The van der Waals surface area contributed by atoms with Crippen LogP contribution < -0.4 is 16.4 Å². The highest BCUT2D eigenvalue weighted by atomic mass is 16.6. The van der Waals surface area contributed by atoms with E-state index in [9.17, 15) is 24.3 Å². The van der Waals surface area contributed by atoms with E-state index in [0.29, 0.717) is 25.8 Å². The summed E-state index contributed by atoms with van der Waals surface area (Å²) < 4.78 is 5.79. The molecule has 3 aromatic carbocycles. The summed E-state index contributed by atoms with van der Waals surface area (Å²) in [5, 5.41) is 16.7. The lowest BCUT2D eigenvalue weighted by atomic mass is 9.97. The Morgan fingerprint density at radius 1 is 0.796 bits per heavy atom. The molecule has 4 amide bonds. The Balaban J connectivity index is 1.56. The number of primary amides is 1. The zero-order valence-corrected chi connectivity index (χ0v) is 29.1. The molecule has 5 N–H and O–H groups in total. The van der Waals surface area contributed by atoms with Crippen LogP contribution in [0.2, 0.25) is 0 Å². The van der Waals surface area contributed by atoms with Crippen LogP contribution in [0.15, 0.2) is 91.0 Å². The zero-order valence-electron chi connectivity index (χ0n) is 29.1. The van der Waals surface area contributed by atoms with Gasteiger partial charge >= 0.3 is 6.09 Å². The number of hydrogen-bond donors (Lipinski definition) is 4. The molecule has 10 nitrogen and oxygen atoms in total. The number of aliphatic hydroxyl groups excluding tert-OH is 1. The number of aliphatic hydroxyl groups is 1. The number of carbonyl (C=O) groups excluding carboxylic acids is 4. The van der Waals surface area contributed by atoms with Crippen LogP contribution in [0.5, 0.6) is 0 Å². The highest BCUT2D eigenvalue weighted by molar-refractivity contribution is 5.86. The van der Waals surface area contributed by atoms with Crippen molar-refractivity contribution >= 4 is 23.8 Å². The molecule has 0 saturated carbocycles. The molecule has 0 aromatic heterocycles. The molecule has 0 aliphatic rings. The van der Waals surface area contributed by atoms with Crippen molar-refractivity contribution in [2.24, 2.45) is 11.7 Å². The molecule has 0 bridgehead atoms. The number of nitrogens with zero attached hydrogens (tertiary/aromatic N) is 1. The summed E-state index contributed by atoms with van der Waals surface area (Å²) in [4.78, 5) is 52.6. The lowest BCUT2D eigenvalue weighted by Crippen LogP contribution is -2.46. The van der Waals surface area contributed by atoms with E-state index >= 15 is 0 Å². The van der Waals surface area contributed by atoms with Gasteiger partial charge in [0, 0.05) is 32.0 Å². The van der Waals surface area contributed by atoms with E-state index in [-0.39, 0.29) is 43.5 Å². The van der Waals surface area contributed by atoms with Crippen molar-refractivity contribution in [3.63, 3.8) is 0 Å². The van der Waals surface area contributed by atoms with Crippen molar-refractivity contribution in [3.8, 4) is 0 Å². The molecule has 0 spiro atoms. The third-order valence-corrected chi connectivity index (χ3v) is 8.00. The predicted octanol–water partition coefficient (Wildman–Crippen LogP) is 4.92. The second-order valence-corrected chi connectivity index (χ2v) is 13.7. The molecule has 10 heteroatoms.